The van der Waals surface area contributed by atoms with E-state index in [9.17, 15) is 18.0 Å². The zero-order valence-electron chi connectivity index (χ0n) is 19.9. The number of hydrogen-bond donors (Lipinski definition) is 2. The lowest BCUT2D eigenvalue weighted by Crippen LogP contribution is -2.42. The number of anilines is 1. The van der Waals surface area contributed by atoms with E-state index in [1.54, 1.807) is 18.2 Å². The summed E-state index contributed by atoms with van der Waals surface area (Å²) in [5.41, 5.74) is 3.79. The molecule has 0 unspecified atom stereocenters. The van der Waals surface area contributed by atoms with Gasteiger partial charge in [-0.25, -0.2) is 13.4 Å². The fourth-order valence-electron chi connectivity index (χ4n) is 4.39. The number of benzodiazepines with no additional fused rings is 1. The molecule has 5 rings (SSSR count). The number of fused-ring (bicyclic) bond motifs is 1. The number of sulfone groups is 1. The van der Waals surface area contributed by atoms with Crippen LogP contribution in [0.2, 0.25) is 5.02 Å². The highest BCUT2D eigenvalue weighted by Gasteiger charge is 2.28. The first-order chi connectivity index (χ1) is 17.8. The molecule has 1 fully saturated rings. The number of rotatable bonds is 5. The van der Waals surface area contributed by atoms with Crippen molar-refractivity contribution in [3.8, 4) is 0 Å². The number of benzene rings is 3. The molecule has 0 radical (unpaired) electrons. The van der Waals surface area contributed by atoms with Crippen molar-refractivity contribution < 1.29 is 18.0 Å². The molecule has 0 bridgehead atoms. The van der Waals surface area contributed by atoms with Crippen molar-refractivity contribution in [3.63, 3.8) is 0 Å². The van der Waals surface area contributed by atoms with Gasteiger partial charge in [0.15, 0.2) is 9.84 Å². The number of nitrogens with zero attached hydrogens (tertiary/aromatic N) is 2. The topological polar surface area (TPSA) is 108 Å². The van der Waals surface area contributed by atoms with Crippen molar-refractivity contribution in [2.24, 2.45) is 4.99 Å². The molecule has 3 aromatic rings. The van der Waals surface area contributed by atoms with Crippen molar-refractivity contribution in [2.45, 2.75) is 12.7 Å². The molecule has 8 nitrogen and oxygen atoms in total. The average Bonchev–Trinajstić information content (AvgIpc) is 3.03. The monoisotopic (exact) mass is 536 g/mol. The van der Waals surface area contributed by atoms with Crippen LogP contribution in [0.4, 0.5) is 5.69 Å². The van der Waals surface area contributed by atoms with Crippen LogP contribution in [0, 0.1) is 0 Å². The zero-order chi connectivity index (χ0) is 26.0. The molecule has 0 aromatic heterocycles. The van der Waals surface area contributed by atoms with Crippen molar-refractivity contribution >= 4 is 44.7 Å². The smallest absolute Gasteiger partial charge is 0.269 e. The van der Waals surface area contributed by atoms with E-state index in [0.29, 0.717) is 31.0 Å². The third-order valence-corrected chi connectivity index (χ3v) is 8.32. The van der Waals surface area contributed by atoms with Crippen LogP contribution in [0.5, 0.6) is 0 Å². The van der Waals surface area contributed by atoms with E-state index in [-0.39, 0.29) is 22.1 Å². The molecule has 2 aliphatic heterocycles. The molecule has 2 aliphatic rings. The third-order valence-electron chi connectivity index (χ3n) is 6.38. The summed E-state index contributed by atoms with van der Waals surface area (Å²) in [6.07, 6.45) is -1.18. The highest BCUT2D eigenvalue weighted by atomic mass is 35.5. The number of para-hydroxylation sites is 1. The molecular weight excluding hydrogens is 512 g/mol. The van der Waals surface area contributed by atoms with Crippen LogP contribution in [-0.2, 0) is 21.2 Å². The fraction of sp³-hybridized carbons (Fsp3) is 0.222. The summed E-state index contributed by atoms with van der Waals surface area (Å²) >= 11 is 6.36. The molecule has 10 heteroatoms. The van der Waals surface area contributed by atoms with Gasteiger partial charge in [0.25, 0.3) is 11.8 Å². The summed E-state index contributed by atoms with van der Waals surface area (Å²) in [5, 5.41) is 5.83. The quantitative estimate of drug-likeness (QED) is 0.521. The van der Waals surface area contributed by atoms with Crippen LogP contribution in [0.25, 0.3) is 0 Å². The molecule has 190 valence electrons. The first kappa shape index (κ1) is 25.1. The molecule has 2 heterocycles. The van der Waals surface area contributed by atoms with Crippen LogP contribution in [-0.4, -0.2) is 61.6 Å². The highest BCUT2D eigenvalue weighted by molar-refractivity contribution is 7.91. The normalized spacial score (nSPS) is 19.2. The minimum Gasteiger partial charge on any atom is -0.322 e. The number of amides is 2. The maximum atomic E-state index is 13.3. The van der Waals surface area contributed by atoms with Gasteiger partial charge in [-0.3, -0.25) is 14.5 Å². The minimum atomic E-state index is -2.98. The van der Waals surface area contributed by atoms with Crippen molar-refractivity contribution in [2.75, 3.05) is 29.9 Å². The average molecular weight is 537 g/mol. The number of aliphatic imine (C=N–C) groups is 1. The Morgan fingerprint density at radius 1 is 1.03 bits per heavy atom. The molecule has 1 saturated heterocycles. The fourth-order valence-corrected chi connectivity index (χ4v) is 5.87. The highest BCUT2D eigenvalue weighted by Crippen LogP contribution is 2.25. The SMILES string of the molecule is O=C(N[C@H]1N=C(c2ccccc2)c2ccccc2NC1=O)c1cc(CN2CCS(=O)(=O)CC2)ccc1Cl. The van der Waals surface area contributed by atoms with Crippen molar-refractivity contribution in [3.05, 3.63) is 100 Å². The second-order valence-corrected chi connectivity index (χ2v) is 11.7. The van der Waals surface area contributed by atoms with Gasteiger partial charge in [-0.15, -0.1) is 0 Å². The number of carbonyl (C=O) groups is 2. The lowest BCUT2D eigenvalue weighted by molar-refractivity contribution is -0.117. The maximum Gasteiger partial charge on any atom is 0.269 e. The second-order valence-electron chi connectivity index (χ2n) is 9.00. The largest absolute Gasteiger partial charge is 0.322 e. The summed E-state index contributed by atoms with van der Waals surface area (Å²) in [5.74, 6) is -0.757. The Morgan fingerprint density at radius 3 is 2.49 bits per heavy atom. The lowest BCUT2D eigenvalue weighted by atomic mass is 10.0. The third kappa shape index (κ3) is 5.74. The van der Waals surface area contributed by atoms with Gasteiger partial charge < -0.3 is 10.6 Å². The van der Waals surface area contributed by atoms with E-state index in [1.807, 2.05) is 59.5 Å². The molecule has 0 aliphatic carbocycles. The van der Waals surface area contributed by atoms with E-state index in [1.165, 1.54) is 0 Å². The Balaban J connectivity index is 1.40. The first-order valence-electron chi connectivity index (χ1n) is 11.8. The minimum absolute atomic E-state index is 0.120. The number of halogens is 1. The Bertz CT molecular complexity index is 1480. The van der Waals surface area contributed by atoms with Gasteiger partial charge >= 0.3 is 0 Å². The standard InChI is InChI=1S/C27H25ClN4O4S/c28-22-11-10-18(17-32-12-14-37(35,36)15-13-32)16-21(22)26(33)31-25-27(34)29-23-9-5-4-8-20(23)24(30-25)19-6-2-1-3-7-19/h1-11,16,25H,12-15,17H2,(H,29,34)(H,31,33)/t25-/m1/s1. The van der Waals surface area contributed by atoms with E-state index >= 15 is 0 Å². The van der Waals surface area contributed by atoms with Gasteiger partial charge in [-0.1, -0.05) is 66.2 Å². The first-order valence-corrected chi connectivity index (χ1v) is 14.0. The molecule has 0 spiro atoms. The Labute approximate surface area is 220 Å². The summed E-state index contributed by atoms with van der Waals surface area (Å²) in [6.45, 7) is 1.36. The lowest BCUT2D eigenvalue weighted by Gasteiger charge is -2.26. The van der Waals surface area contributed by atoms with Crippen LogP contribution >= 0.6 is 11.6 Å². The van der Waals surface area contributed by atoms with E-state index < -0.39 is 27.8 Å². The van der Waals surface area contributed by atoms with Crippen LogP contribution in [0.3, 0.4) is 0 Å². The van der Waals surface area contributed by atoms with E-state index in [4.69, 9.17) is 11.6 Å². The second kappa shape index (κ2) is 10.5. The summed E-state index contributed by atoms with van der Waals surface area (Å²) in [6, 6.07) is 21.9. The van der Waals surface area contributed by atoms with Crippen molar-refractivity contribution in [1.29, 1.82) is 0 Å². The molecular formula is C27H25ClN4O4S. The predicted octanol–water partition coefficient (Wildman–Crippen LogP) is 3.12. The predicted molar refractivity (Wildman–Crippen MR) is 144 cm³/mol. The molecule has 0 saturated carbocycles. The number of carbonyl (C=O) groups excluding carboxylic acids is 2. The molecule has 1 atom stereocenters. The van der Waals surface area contributed by atoms with E-state index in [0.717, 1.165) is 16.7 Å². The molecule has 2 amide bonds. The summed E-state index contributed by atoms with van der Waals surface area (Å²) in [7, 11) is -2.98. The Hall–Kier alpha value is -3.53. The van der Waals surface area contributed by atoms with Crippen LogP contribution in [0.15, 0.2) is 77.8 Å². The Morgan fingerprint density at radius 2 is 1.73 bits per heavy atom. The number of hydrogen-bond acceptors (Lipinski definition) is 6. The van der Waals surface area contributed by atoms with Gasteiger partial charge in [-0.2, -0.15) is 0 Å². The van der Waals surface area contributed by atoms with Gasteiger partial charge in [0.1, 0.15) is 0 Å². The maximum absolute atomic E-state index is 13.3. The molecule has 3 aromatic carbocycles. The zero-order valence-corrected chi connectivity index (χ0v) is 21.4. The summed E-state index contributed by atoms with van der Waals surface area (Å²) < 4.78 is 23.4. The Kier molecular flexibility index (Phi) is 7.10. The van der Waals surface area contributed by atoms with Crippen LogP contribution < -0.4 is 10.6 Å². The molecule has 37 heavy (non-hydrogen) atoms. The van der Waals surface area contributed by atoms with Crippen LogP contribution in [0.1, 0.15) is 27.0 Å². The van der Waals surface area contributed by atoms with Gasteiger partial charge in [0.2, 0.25) is 6.17 Å². The van der Waals surface area contributed by atoms with Gasteiger partial charge in [0.05, 0.1) is 33.5 Å². The van der Waals surface area contributed by atoms with Crippen molar-refractivity contribution in [1.82, 2.24) is 10.2 Å². The number of nitrogens with one attached hydrogen (secondary N) is 2. The van der Waals surface area contributed by atoms with Gasteiger partial charge in [-0.05, 0) is 23.8 Å². The molecule has 2 N–H and O–H groups in total. The van der Waals surface area contributed by atoms with Gasteiger partial charge in [0, 0.05) is 30.8 Å². The summed E-state index contributed by atoms with van der Waals surface area (Å²) in [4.78, 5) is 33.0. The van der Waals surface area contributed by atoms with E-state index in [2.05, 4.69) is 15.6 Å².